The summed E-state index contributed by atoms with van der Waals surface area (Å²) in [5, 5.41) is 13.1. The zero-order chi connectivity index (χ0) is 12.8. The zero-order valence-corrected chi connectivity index (χ0v) is 11.3. The molecule has 0 bridgehead atoms. The highest BCUT2D eigenvalue weighted by molar-refractivity contribution is 5.24. The minimum atomic E-state index is -0.322. The standard InChI is InChI=1S/C14H24N2O/c1-11-6-5-7-13(8-11)12(2)15-9-14(17)10-16(3)4/h5-8,12,14-15,17H,9-10H2,1-4H3/t12-,14+/m1/s1. The van der Waals surface area contributed by atoms with E-state index in [1.165, 1.54) is 11.1 Å². The van der Waals surface area contributed by atoms with Crippen molar-refractivity contribution < 1.29 is 5.11 Å². The smallest absolute Gasteiger partial charge is 0.0791 e. The van der Waals surface area contributed by atoms with Crippen LogP contribution in [0, 0.1) is 6.92 Å². The third kappa shape index (κ3) is 5.31. The number of likely N-dealkylation sites (N-methyl/N-ethyl adjacent to an activating group) is 1. The minimum absolute atomic E-state index is 0.270. The number of hydrogen-bond acceptors (Lipinski definition) is 3. The van der Waals surface area contributed by atoms with Crippen LogP contribution >= 0.6 is 0 Å². The van der Waals surface area contributed by atoms with Gasteiger partial charge in [-0.15, -0.1) is 0 Å². The summed E-state index contributed by atoms with van der Waals surface area (Å²) in [6, 6.07) is 8.72. The number of nitrogens with one attached hydrogen (secondary N) is 1. The fourth-order valence-corrected chi connectivity index (χ4v) is 1.86. The van der Waals surface area contributed by atoms with E-state index in [4.69, 9.17) is 0 Å². The molecular formula is C14H24N2O. The summed E-state index contributed by atoms with van der Waals surface area (Å²) in [6.45, 7) is 5.52. The number of aryl methyl sites for hydroxylation is 1. The molecule has 2 atom stereocenters. The summed E-state index contributed by atoms with van der Waals surface area (Å²) in [7, 11) is 3.93. The van der Waals surface area contributed by atoms with Gasteiger partial charge >= 0.3 is 0 Å². The van der Waals surface area contributed by atoms with Gasteiger partial charge in [-0.2, -0.15) is 0 Å². The maximum Gasteiger partial charge on any atom is 0.0791 e. The van der Waals surface area contributed by atoms with Crippen LogP contribution < -0.4 is 5.32 Å². The number of nitrogens with zero attached hydrogens (tertiary/aromatic N) is 1. The molecule has 0 saturated carbocycles. The van der Waals surface area contributed by atoms with Gasteiger partial charge in [-0.3, -0.25) is 0 Å². The van der Waals surface area contributed by atoms with Crippen molar-refractivity contribution in [2.45, 2.75) is 26.0 Å². The molecule has 1 aromatic carbocycles. The lowest BCUT2D eigenvalue weighted by molar-refractivity contribution is 0.132. The van der Waals surface area contributed by atoms with Gasteiger partial charge in [0.1, 0.15) is 0 Å². The molecule has 0 aromatic heterocycles. The molecule has 0 saturated heterocycles. The lowest BCUT2D eigenvalue weighted by Gasteiger charge is -2.20. The van der Waals surface area contributed by atoms with E-state index < -0.39 is 0 Å². The fraction of sp³-hybridized carbons (Fsp3) is 0.571. The van der Waals surface area contributed by atoms with Crippen molar-refractivity contribution in [1.29, 1.82) is 0 Å². The number of benzene rings is 1. The minimum Gasteiger partial charge on any atom is -0.390 e. The largest absolute Gasteiger partial charge is 0.390 e. The van der Waals surface area contributed by atoms with Crippen LogP contribution in [0.5, 0.6) is 0 Å². The van der Waals surface area contributed by atoms with E-state index in [1.807, 2.05) is 19.0 Å². The first-order valence-corrected chi connectivity index (χ1v) is 6.11. The van der Waals surface area contributed by atoms with Crippen molar-refractivity contribution in [2.24, 2.45) is 0 Å². The van der Waals surface area contributed by atoms with Gasteiger partial charge in [0.05, 0.1) is 6.10 Å². The summed E-state index contributed by atoms with van der Waals surface area (Å²) in [5.41, 5.74) is 2.53. The Morgan fingerprint density at radius 1 is 1.35 bits per heavy atom. The molecule has 0 spiro atoms. The molecular weight excluding hydrogens is 212 g/mol. The van der Waals surface area contributed by atoms with Gasteiger partial charge < -0.3 is 15.3 Å². The molecule has 0 aliphatic rings. The highest BCUT2D eigenvalue weighted by Gasteiger charge is 2.09. The van der Waals surface area contributed by atoms with E-state index >= 15 is 0 Å². The predicted molar refractivity (Wildman–Crippen MR) is 72.2 cm³/mol. The van der Waals surface area contributed by atoms with Gasteiger partial charge in [0.2, 0.25) is 0 Å². The highest BCUT2D eigenvalue weighted by atomic mass is 16.3. The van der Waals surface area contributed by atoms with Crippen molar-refractivity contribution in [1.82, 2.24) is 10.2 Å². The van der Waals surface area contributed by atoms with Crippen molar-refractivity contribution in [2.75, 3.05) is 27.2 Å². The Hall–Kier alpha value is -0.900. The molecule has 0 aliphatic heterocycles. The quantitative estimate of drug-likeness (QED) is 0.787. The highest BCUT2D eigenvalue weighted by Crippen LogP contribution is 2.13. The number of aliphatic hydroxyl groups is 1. The van der Waals surface area contributed by atoms with Crippen LogP contribution in [0.3, 0.4) is 0 Å². The molecule has 0 radical (unpaired) electrons. The molecule has 17 heavy (non-hydrogen) atoms. The van der Waals surface area contributed by atoms with Gasteiger partial charge in [-0.05, 0) is 33.5 Å². The lowest BCUT2D eigenvalue weighted by Crippen LogP contribution is -2.36. The molecule has 0 aliphatic carbocycles. The summed E-state index contributed by atoms with van der Waals surface area (Å²) in [4.78, 5) is 1.99. The van der Waals surface area contributed by atoms with Gasteiger partial charge in [-0.1, -0.05) is 29.8 Å². The van der Waals surface area contributed by atoms with Gasteiger partial charge in [0.15, 0.2) is 0 Å². The van der Waals surface area contributed by atoms with Gasteiger partial charge in [0.25, 0.3) is 0 Å². The maximum absolute atomic E-state index is 9.77. The van der Waals surface area contributed by atoms with Crippen LogP contribution in [0.2, 0.25) is 0 Å². The molecule has 0 unspecified atom stereocenters. The van der Waals surface area contributed by atoms with E-state index in [0.717, 1.165) is 0 Å². The molecule has 3 heteroatoms. The Morgan fingerprint density at radius 2 is 2.06 bits per heavy atom. The van der Waals surface area contributed by atoms with E-state index in [9.17, 15) is 5.11 Å². The van der Waals surface area contributed by atoms with Gasteiger partial charge in [0, 0.05) is 19.1 Å². The van der Waals surface area contributed by atoms with Crippen LogP contribution in [0.15, 0.2) is 24.3 Å². The second kappa shape index (κ2) is 6.74. The Labute approximate surface area is 104 Å². The van der Waals surface area contributed by atoms with E-state index in [-0.39, 0.29) is 12.1 Å². The van der Waals surface area contributed by atoms with Crippen molar-refractivity contribution >= 4 is 0 Å². The van der Waals surface area contributed by atoms with E-state index in [2.05, 4.69) is 43.4 Å². The monoisotopic (exact) mass is 236 g/mol. The Kier molecular flexibility index (Phi) is 5.62. The first-order valence-electron chi connectivity index (χ1n) is 6.11. The molecule has 1 rings (SSSR count). The van der Waals surface area contributed by atoms with Crippen molar-refractivity contribution in [3.63, 3.8) is 0 Å². The van der Waals surface area contributed by atoms with Crippen LogP contribution in [0.1, 0.15) is 24.1 Å². The molecule has 1 aromatic rings. The zero-order valence-electron chi connectivity index (χ0n) is 11.3. The van der Waals surface area contributed by atoms with Crippen LogP contribution in [0.25, 0.3) is 0 Å². The molecule has 0 heterocycles. The lowest BCUT2D eigenvalue weighted by atomic mass is 10.1. The molecule has 96 valence electrons. The molecule has 2 N–H and O–H groups in total. The summed E-state index contributed by atoms with van der Waals surface area (Å²) in [6.07, 6.45) is -0.322. The Bertz CT molecular complexity index is 339. The summed E-state index contributed by atoms with van der Waals surface area (Å²) < 4.78 is 0. The Morgan fingerprint density at radius 3 is 2.65 bits per heavy atom. The average molecular weight is 236 g/mol. The van der Waals surface area contributed by atoms with Crippen molar-refractivity contribution in [3.05, 3.63) is 35.4 Å². The number of rotatable bonds is 6. The Balaban J connectivity index is 2.42. The first kappa shape index (κ1) is 14.2. The first-order chi connectivity index (χ1) is 7.99. The van der Waals surface area contributed by atoms with Crippen molar-refractivity contribution in [3.8, 4) is 0 Å². The molecule has 0 amide bonds. The normalized spacial score (nSPS) is 14.9. The van der Waals surface area contributed by atoms with E-state index in [1.54, 1.807) is 0 Å². The van der Waals surface area contributed by atoms with Gasteiger partial charge in [-0.25, -0.2) is 0 Å². The third-order valence-electron chi connectivity index (χ3n) is 2.78. The second-order valence-electron chi connectivity index (χ2n) is 4.96. The van der Waals surface area contributed by atoms with Crippen LogP contribution in [-0.4, -0.2) is 43.3 Å². The maximum atomic E-state index is 9.77. The number of aliphatic hydroxyl groups excluding tert-OH is 1. The second-order valence-corrected chi connectivity index (χ2v) is 4.96. The average Bonchev–Trinajstić information content (AvgIpc) is 2.25. The summed E-state index contributed by atoms with van der Waals surface area (Å²) >= 11 is 0. The fourth-order valence-electron chi connectivity index (χ4n) is 1.86. The van der Waals surface area contributed by atoms with Crippen LogP contribution in [0.4, 0.5) is 0 Å². The van der Waals surface area contributed by atoms with E-state index in [0.29, 0.717) is 13.1 Å². The topological polar surface area (TPSA) is 35.5 Å². The summed E-state index contributed by atoms with van der Waals surface area (Å²) in [5.74, 6) is 0. The SMILES string of the molecule is Cc1cccc([C@@H](C)NC[C@H](O)CN(C)C)c1. The number of hydrogen-bond donors (Lipinski definition) is 2. The van der Waals surface area contributed by atoms with Crippen LogP contribution in [-0.2, 0) is 0 Å². The molecule has 0 fully saturated rings. The predicted octanol–water partition coefficient (Wildman–Crippen LogP) is 1.57. The third-order valence-corrected chi connectivity index (χ3v) is 2.78. The molecule has 3 nitrogen and oxygen atoms in total.